The fourth-order valence-electron chi connectivity index (χ4n) is 2.49. The maximum Gasteiger partial charge on any atom is 0.0434 e. The molecule has 1 fully saturated rings. The number of pyridine rings is 1. The van der Waals surface area contributed by atoms with E-state index in [9.17, 15) is 0 Å². The zero-order chi connectivity index (χ0) is 11.6. The highest BCUT2D eigenvalue weighted by atomic mass is 14.7. The van der Waals surface area contributed by atoms with E-state index in [4.69, 9.17) is 0 Å². The summed E-state index contributed by atoms with van der Waals surface area (Å²) in [6.45, 7) is 6.72. The summed E-state index contributed by atoms with van der Waals surface area (Å²) in [5, 5.41) is 0. The van der Waals surface area contributed by atoms with Gasteiger partial charge in [0.1, 0.15) is 0 Å². The molecule has 1 saturated carbocycles. The molecular weight excluding hydrogens is 194 g/mol. The fraction of sp³-hybridized carbons (Fsp3) is 0.667. The molecule has 0 amide bonds. The monoisotopic (exact) mass is 217 g/mol. The molecule has 0 unspecified atom stereocenters. The average molecular weight is 217 g/mol. The van der Waals surface area contributed by atoms with Crippen LogP contribution in [0.3, 0.4) is 0 Å². The molecule has 1 aliphatic carbocycles. The molecular formula is C15H23N. The number of nitrogens with zero attached hydrogens (tertiary/aromatic N) is 1. The fourth-order valence-corrected chi connectivity index (χ4v) is 2.49. The molecule has 0 aliphatic heterocycles. The van der Waals surface area contributed by atoms with Crippen molar-refractivity contribution in [2.24, 2.45) is 0 Å². The van der Waals surface area contributed by atoms with Crippen LogP contribution in [0.1, 0.15) is 70.1 Å². The highest BCUT2D eigenvalue weighted by Crippen LogP contribution is 2.32. The van der Waals surface area contributed by atoms with Crippen LogP contribution in [0.2, 0.25) is 0 Å². The Morgan fingerprint density at radius 2 is 1.75 bits per heavy atom. The topological polar surface area (TPSA) is 12.9 Å². The lowest BCUT2D eigenvalue weighted by Gasteiger charge is -2.23. The first kappa shape index (κ1) is 11.6. The van der Waals surface area contributed by atoms with Gasteiger partial charge in [0, 0.05) is 17.8 Å². The van der Waals surface area contributed by atoms with Gasteiger partial charge in [-0.1, -0.05) is 46.1 Å². The van der Waals surface area contributed by atoms with Crippen molar-refractivity contribution in [3.05, 3.63) is 29.6 Å². The predicted molar refractivity (Wildman–Crippen MR) is 68.8 cm³/mol. The van der Waals surface area contributed by atoms with Crippen molar-refractivity contribution in [1.29, 1.82) is 0 Å². The Morgan fingerprint density at radius 3 is 2.25 bits per heavy atom. The van der Waals surface area contributed by atoms with Crippen molar-refractivity contribution in [3.8, 4) is 0 Å². The van der Waals surface area contributed by atoms with Crippen LogP contribution < -0.4 is 0 Å². The standard InChI is InChI=1S/C15H23N/c1-15(2,3)13-9-10-14(16-11-13)12-7-5-4-6-8-12/h9-12H,4-8H2,1-3H3. The van der Waals surface area contributed by atoms with E-state index in [0.717, 1.165) is 5.92 Å². The molecule has 1 aromatic rings. The van der Waals surface area contributed by atoms with Crippen LogP contribution in [0.15, 0.2) is 18.3 Å². The number of hydrogen-bond donors (Lipinski definition) is 0. The lowest BCUT2D eigenvalue weighted by Crippen LogP contribution is -2.13. The first-order chi connectivity index (χ1) is 7.57. The van der Waals surface area contributed by atoms with Gasteiger partial charge < -0.3 is 0 Å². The number of rotatable bonds is 1. The first-order valence-electron chi connectivity index (χ1n) is 6.54. The highest BCUT2D eigenvalue weighted by molar-refractivity contribution is 5.22. The zero-order valence-electron chi connectivity index (χ0n) is 10.8. The minimum absolute atomic E-state index is 0.220. The Bertz CT molecular complexity index is 325. The van der Waals surface area contributed by atoms with Crippen molar-refractivity contribution < 1.29 is 0 Å². The minimum Gasteiger partial charge on any atom is -0.261 e. The molecule has 1 heteroatoms. The van der Waals surface area contributed by atoms with Gasteiger partial charge in [0.05, 0.1) is 0 Å². The quantitative estimate of drug-likeness (QED) is 0.678. The lowest BCUT2D eigenvalue weighted by atomic mass is 9.85. The van der Waals surface area contributed by atoms with Crippen LogP contribution in [0.5, 0.6) is 0 Å². The second-order valence-electron chi connectivity index (χ2n) is 6.06. The van der Waals surface area contributed by atoms with Gasteiger partial charge in [-0.2, -0.15) is 0 Å². The van der Waals surface area contributed by atoms with E-state index in [1.165, 1.54) is 43.4 Å². The van der Waals surface area contributed by atoms with Crippen molar-refractivity contribution in [2.75, 3.05) is 0 Å². The van der Waals surface area contributed by atoms with Gasteiger partial charge in [-0.25, -0.2) is 0 Å². The van der Waals surface area contributed by atoms with Gasteiger partial charge in [-0.05, 0) is 29.9 Å². The summed E-state index contributed by atoms with van der Waals surface area (Å²) in [6, 6.07) is 4.51. The van der Waals surface area contributed by atoms with Gasteiger partial charge in [0.15, 0.2) is 0 Å². The molecule has 1 heterocycles. The van der Waals surface area contributed by atoms with Crippen molar-refractivity contribution in [2.45, 2.75) is 64.2 Å². The number of aromatic nitrogens is 1. The van der Waals surface area contributed by atoms with Crippen LogP contribution in [0, 0.1) is 0 Å². The average Bonchev–Trinajstić information content (AvgIpc) is 2.29. The zero-order valence-corrected chi connectivity index (χ0v) is 10.8. The Labute approximate surface area is 99.3 Å². The molecule has 0 spiro atoms. The molecule has 0 bridgehead atoms. The van der Waals surface area contributed by atoms with Crippen LogP contribution in [-0.2, 0) is 5.41 Å². The van der Waals surface area contributed by atoms with Crippen molar-refractivity contribution in [1.82, 2.24) is 4.98 Å². The summed E-state index contributed by atoms with van der Waals surface area (Å²) in [5.41, 5.74) is 2.87. The van der Waals surface area contributed by atoms with Gasteiger partial charge in [0.2, 0.25) is 0 Å². The molecule has 1 nitrogen and oxygen atoms in total. The molecule has 1 aliphatic rings. The van der Waals surface area contributed by atoms with Crippen LogP contribution in [0.4, 0.5) is 0 Å². The Balaban J connectivity index is 2.12. The molecule has 88 valence electrons. The minimum atomic E-state index is 0.220. The third kappa shape index (κ3) is 2.63. The third-order valence-corrected chi connectivity index (χ3v) is 3.68. The van der Waals surface area contributed by atoms with E-state index in [1.807, 2.05) is 0 Å². The predicted octanol–water partition coefficient (Wildman–Crippen LogP) is 4.43. The van der Waals surface area contributed by atoms with E-state index < -0.39 is 0 Å². The molecule has 0 N–H and O–H groups in total. The van der Waals surface area contributed by atoms with E-state index >= 15 is 0 Å². The van der Waals surface area contributed by atoms with Crippen molar-refractivity contribution in [3.63, 3.8) is 0 Å². The first-order valence-corrected chi connectivity index (χ1v) is 6.54. The Kier molecular flexibility index (Phi) is 3.32. The maximum atomic E-state index is 4.67. The van der Waals surface area contributed by atoms with E-state index in [-0.39, 0.29) is 5.41 Å². The third-order valence-electron chi connectivity index (χ3n) is 3.68. The molecule has 0 radical (unpaired) electrons. The summed E-state index contributed by atoms with van der Waals surface area (Å²) in [6.07, 6.45) is 8.92. The summed E-state index contributed by atoms with van der Waals surface area (Å²) >= 11 is 0. The molecule has 0 saturated heterocycles. The van der Waals surface area contributed by atoms with Gasteiger partial charge in [0.25, 0.3) is 0 Å². The smallest absolute Gasteiger partial charge is 0.0434 e. The van der Waals surface area contributed by atoms with Crippen molar-refractivity contribution >= 4 is 0 Å². The lowest BCUT2D eigenvalue weighted by molar-refractivity contribution is 0.436. The molecule has 0 atom stereocenters. The van der Waals surface area contributed by atoms with Gasteiger partial charge >= 0.3 is 0 Å². The Hall–Kier alpha value is -0.850. The SMILES string of the molecule is CC(C)(C)c1ccc(C2CCCCC2)nc1. The summed E-state index contributed by atoms with van der Waals surface area (Å²) in [4.78, 5) is 4.67. The number of hydrogen-bond acceptors (Lipinski definition) is 1. The summed E-state index contributed by atoms with van der Waals surface area (Å²) in [7, 11) is 0. The molecule has 16 heavy (non-hydrogen) atoms. The summed E-state index contributed by atoms with van der Waals surface area (Å²) < 4.78 is 0. The van der Waals surface area contributed by atoms with E-state index in [2.05, 4.69) is 44.1 Å². The van der Waals surface area contributed by atoms with E-state index in [0.29, 0.717) is 0 Å². The van der Waals surface area contributed by atoms with Gasteiger partial charge in [-0.3, -0.25) is 4.98 Å². The van der Waals surface area contributed by atoms with Crippen LogP contribution in [0.25, 0.3) is 0 Å². The largest absolute Gasteiger partial charge is 0.261 e. The van der Waals surface area contributed by atoms with Gasteiger partial charge in [-0.15, -0.1) is 0 Å². The highest BCUT2D eigenvalue weighted by Gasteiger charge is 2.18. The normalized spacial score (nSPS) is 18.7. The Morgan fingerprint density at radius 1 is 1.06 bits per heavy atom. The maximum absolute atomic E-state index is 4.67. The molecule has 2 rings (SSSR count). The molecule has 1 aromatic heterocycles. The summed E-state index contributed by atoms with van der Waals surface area (Å²) in [5.74, 6) is 0.725. The van der Waals surface area contributed by atoms with Crippen LogP contribution >= 0.6 is 0 Å². The second-order valence-corrected chi connectivity index (χ2v) is 6.06. The second kappa shape index (κ2) is 4.57. The van der Waals surface area contributed by atoms with Crippen LogP contribution in [-0.4, -0.2) is 4.98 Å². The molecule has 0 aromatic carbocycles. The van der Waals surface area contributed by atoms with E-state index in [1.54, 1.807) is 0 Å².